The Balaban J connectivity index is 1.87. The Bertz CT molecular complexity index is 830. The van der Waals surface area contributed by atoms with Crippen LogP contribution in [-0.2, 0) is 17.4 Å². The molecule has 1 N–H and O–H groups in total. The summed E-state index contributed by atoms with van der Waals surface area (Å²) in [4.78, 5) is 11.6. The first-order chi connectivity index (χ1) is 12.4. The van der Waals surface area contributed by atoms with E-state index in [0.717, 1.165) is 11.6 Å². The van der Waals surface area contributed by atoms with Gasteiger partial charge in [0.25, 0.3) is 0 Å². The van der Waals surface area contributed by atoms with Gasteiger partial charge in [-0.3, -0.25) is 4.79 Å². The Kier molecular flexibility index (Phi) is 5.02. The van der Waals surface area contributed by atoms with Crippen molar-refractivity contribution in [3.63, 3.8) is 0 Å². The van der Waals surface area contributed by atoms with E-state index in [0.29, 0.717) is 24.3 Å². The van der Waals surface area contributed by atoms with Crippen LogP contribution in [-0.4, -0.2) is 18.6 Å². The average molecular weight is 361 g/mol. The van der Waals surface area contributed by atoms with Gasteiger partial charge >= 0.3 is 6.18 Å². The highest BCUT2D eigenvalue weighted by Crippen LogP contribution is 2.43. The molecule has 0 aliphatic carbocycles. The number of hydrogen-bond acceptors (Lipinski definition) is 2. The van der Waals surface area contributed by atoms with Crippen molar-refractivity contribution < 1.29 is 22.7 Å². The number of hydrogen-bond donors (Lipinski definition) is 1. The van der Waals surface area contributed by atoms with Crippen LogP contribution in [0.1, 0.15) is 17.5 Å². The number of amides is 1. The smallest absolute Gasteiger partial charge is 0.417 e. The van der Waals surface area contributed by atoms with Gasteiger partial charge in [0, 0.05) is 18.4 Å². The van der Waals surface area contributed by atoms with E-state index in [4.69, 9.17) is 4.74 Å². The zero-order valence-electron chi connectivity index (χ0n) is 14.0. The quantitative estimate of drug-likeness (QED) is 0.803. The lowest BCUT2D eigenvalue weighted by Crippen LogP contribution is -2.34. The number of fused-ring (bicyclic) bond motifs is 1. The summed E-state index contributed by atoms with van der Waals surface area (Å²) < 4.78 is 45.9. The molecule has 26 heavy (non-hydrogen) atoms. The van der Waals surface area contributed by atoms with E-state index in [1.54, 1.807) is 18.2 Å². The molecule has 1 atom stereocenters. The van der Waals surface area contributed by atoms with Crippen molar-refractivity contribution in [3.05, 3.63) is 66.2 Å². The van der Waals surface area contributed by atoms with Crippen molar-refractivity contribution in [3.8, 4) is 16.9 Å². The van der Waals surface area contributed by atoms with Crippen LogP contribution in [0.15, 0.2) is 55.1 Å². The van der Waals surface area contributed by atoms with Crippen molar-refractivity contribution in [1.82, 2.24) is 5.32 Å². The number of halogens is 3. The molecule has 0 spiro atoms. The van der Waals surface area contributed by atoms with Gasteiger partial charge in [0.2, 0.25) is 5.91 Å². The van der Waals surface area contributed by atoms with Gasteiger partial charge in [0.05, 0.1) is 12.1 Å². The van der Waals surface area contributed by atoms with Crippen molar-refractivity contribution in [2.75, 3.05) is 6.54 Å². The number of benzene rings is 2. The largest absolute Gasteiger partial charge is 0.487 e. The third-order valence-electron chi connectivity index (χ3n) is 4.21. The van der Waals surface area contributed by atoms with Crippen LogP contribution in [0.2, 0.25) is 0 Å². The highest BCUT2D eigenvalue weighted by Gasteiger charge is 2.35. The third kappa shape index (κ3) is 3.74. The maximum Gasteiger partial charge on any atom is 0.417 e. The molecule has 0 saturated carbocycles. The molecular weight excluding hydrogens is 343 g/mol. The van der Waals surface area contributed by atoms with Gasteiger partial charge in [-0.05, 0) is 17.2 Å². The van der Waals surface area contributed by atoms with Crippen LogP contribution < -0.4 is 10.1 Å². The lowest BCUT2D eigenvalue weighted by Gasteiger charge is -2.16. The number of carbonyl (C=O) groups excluding carboxylic acids is 1. The fourth-order valence-electron chi connectivity index (χ4n) is 3.06. The minimum absolute atomic E-state index is 0.0909. The second kappa shape index (κ2) is 7.23. The Morgan fingerprint density at radius 1 is 1.19 bits per heavy atom. The first kappa shape index (κ1) is 18.0. The van der Waals surface area contributed by atoms with Gasteiger partial charge < -0.3 is 10.1 Å². The van der Waals surface area contributed by atoms with Crippen molar-refractivity contribution >= 4 is 5.91 Å². The molecule has 0 unspecified atom stereocenters. The van der Waals surface area contributed by atoms with Gasteiger partial charge in [-0.2, -0.15) is 13.2 Å². The summed E-state index contributed by atoms with van der Waals surface area (Å²) in [6.45, 7) is 3.80. The Morgan fingerprint density at radius 2 is 1.92 bits per heavy atom. The van der Waals surface area contributed by atoms with Gasteiger partial charge in [-0.1, -0.05) is 42.5 Å². The van der Waals surface area contributed by atoms with E-state index < -0.39 is 11.7 Å². The number of carbonyl (C=O) groups is 1. The summed E-state index contributed by atoms with van der Waals surface area (Å²) in [6, 6.07) is 10.6. The van der Waals surface area contributed by atoms with Crippen LogP contribution in [0.4, 0.5) is 13.2 Å². The topological polar surface area (TPSA) is 38.3 Å². The molecule has 0 aromatic heterocycles. The highest BCUT2D eigenvalue weighted by molar-refractivity contribution is 5.78. The molecule has 1 aliphatic rings. The maximum absolute atomic E-state index is 13.3. The second-order valence-electron chi connectivity index (χ2n) is 6.08. The molecule has 1 aliphatic heterocycles. The predicted octanol–water partition coefficient (Wildman–Crippen LogP) is 4.37. The molecule has 3 nitrogen and oxygen atoms in total. The predicted molar refractivity (Wildman–Crippen MR) is 92.8 cm³/mol. The summed E-state index contributed by atoms with van der Waals surface area (Å²) in [5, 5.41) is 2.74. The van der Waals surface area contributed by atoms with Crippen molar-refractivity contribution in [2.24, 2.45) is 0 Å². The number of para-hydroxylation sites is 1. The normalized spacial score (nSPS) is 15.9. The Labute approximate surface area is 149 Å². The van der Waals surface area contributed by atoms with Gasteiger partial charge in [-0.25, -0.2) is 0 Å². The summed E-state index contributed by atoms with van der Waals surface area (Å²) in [6.07, 6.45) is -2.50. The highest BCUT2D eigenvalue weighted by atomic mass is 19.4. The van der Waals surface area contributed by atoms with E-state index in [2.05, 4.69) is 11.9 Å². The zero-order valence-corrected chi connectivity index (χ0v) is 14.0. The summed E-state index contributed by atoms with van der Waals surface area (Å²) in [7, 11) is 0. The molecule has 1 heterocycles. The van der Waals surface area contributed by atoms with Crippen LogP contribution in [0.3, 0.4) is 0 Å². The van der Waals surface area contributed by atoms with Gasteiger partial charge in [0.1, 0.15) is 11.9 Å². The van der Waals surface area contributed by atoms with Gasteiger partial charge in [0.15, 0.2) is 0 Å². The Morgan fingerprint density at radius 3 is 2.65 bits per heavy atom. The molecule has 2 aromatic carbocycles. The van der Waals surface area contributed by atoms with E-state index >= 15 is 0 Å². The van der Waals surface area contributed by atoms with Crippen LogP contribution in [0, 0.1) is 0 Å². The summed E-state index contributed by atoms with van der Waals surface area (Å²) >= 11 is 0. The van der Waals surface area contributed by atoms with Crippen LogP contribution >= 0.6 is 0 Å². The van der Waals surface area contributed by atoms with Crippen LogP contribution in [0.25, 0.3) is 11.1 Å². The monoisotopic (exact) mass is 361 g/mol. The summed E-state index contributed by atoms with van der Waals surface area (Å²) in [5.41, 5.74) is 0.644. The zero-order chi connectivity index (χ0) is 18.7. The molecule has 0 bridgehead atoms. The molecule has 2 aromatic rings. The molecule has 3 rings (SSSR count). The maximum atomic E-state index is 13.3. The number of nitrogens with one attached hydrogen (secondary N) is 1. The first-order valence-electron chi connectivity index (χ1n) is 8.23. The van der Waals surface area contributed by atoms with Gasteiger partial charge in [-0.15, -0.1) is 6.58 Å². The van der Waals surface area contributed by atoms with E-state index in [-0.39, 0.29) is 24.0 Å². The fourth-order valence-corrected chi connectivity index (χ4v) is 3.06. The SMILES string of the molecule is C=CCC(=O)NC[C@H]1Cc2cccc(-c3ccccc3C(F)(F)F)c2O1. The van der Waals surface area contributed by atoms with E-state index in [9.17, 15) is 18.0 Å². The lowest BCUT2D eigenvalue weighted by molar-refractivity contribution is -0.137. The average Bonchev–Trinajstić information content (AvgIpc) is 3.02. The second-order valence-corrected chi connectivity index (χ2v) is 6.08. The molecule has 0 saturated heterocycles. The fraction of sp³-hybridized carbons (Fsp3) is 0.250. The van der Waals surface area contributed by atoms with E-state index in [1.165, 1.54) is 18.2 Å². The molecule has 0 radical (unpaired) electrons. The Hall–Kier alpha value is -2.76. The van der Waals surface area contributed by atoms with Crippen molar-refractivity contribution in [2.45, 2.75) is 25.1 Å². The molecular formula is C20H18F3NO2. The number of ether oxygens (including phenoxy) is 1. The standard InChI is InChI=1S/C20H18F3NO2/c1-2-6-18(25)24-12-14-11-13-7-5-9-16(19(13)26-14)15-8-3-4-10-17(15)20(21,22)23/h2-5,7-10,14H,1,6,11-12H2,(H,24,25)/t14-/m1/s1. The number of alkyl halides is 3. The molecule has 0 fully saturated rings. The minimum atomic E-state index is -4.45. The van der Waals surface area contributed by atoms with Crippen molar-refractivity contribution in [1.29, 1.82) is 0 Å². The first-order valence-corrected chi connectivity index (χ1v) is 8.23. The minimum Gasteiger partial charge on any atom is -0.487 e. The van der Waals surface area contributed by atoms with Crippen LogP contribution in [0.5, 0.6) is 5.75 Å². The number of rotatable bonds is 5. The third-order valence-corrected chi connectivity index (χ3v) is 4.21. The molecule has 136 valence electrons. The lowest BCUT2D eigenvalue weighted by atomic mass is 9.96. The summed E-state index contributed by atoms with van der Waals surface area (Å²) in [5.74, 6) is 0.286. The molecule has 1 amide bonds. The van der Waals surface area contributed by atoms with E-state index in [1.807, 2.05) is 6.07 Å². The molecule has 6 heteroatoms.